The summed E-state index contributed by atoms with van der Waals surface area (Å²) in [6.07, 6.45) is 0. The number of hydrogen-bond donors (Lipinski definition) is 3. The summed E-state index contributed by atoms with van der Waals surface area (Å²) in [6, 6.07) is 0.821. The molecule has 8 nitrogen and oxygen atoms in total. The third-order valence-corrected chi connectivity index (χ3v) is 3.82. The molecule has 1 aliphatic rings. The Bertz CT molecular complexity index is 676. The van der Waals surface area contributed by atoms with Gasteiger partial charge in [0.05, 0.1) is 24.6 Å². The Labute approximate surface area is 135 Å². The fourth-order valence-corrected chi connectivity index (χ4v) is 2.54. The summed E-state index contributed by atoms with van der Waals surface area (Å²) < 4.78 is 31.4. The van der Waals surface area contributed by atoms with Crippen LogP contribution in [0.15, 0.2) is 12.1 Å². The molecule has 0 aromatic heterocycles. The Morgan fingerprint density at radius 1 is 1.12 bits per heavy atom. The average Bonchev–Trinajstić information content (AvgIpc) is 2.96. The molecule has 0 spiro atoms. The van der Waals surface area contributed by atoms with Gasteiger partial charge in [-0.2, -0.15) is 0 Å². The van der Waals surface area contributed by atoms with Crippen LogP contribution in [-0.4, -0.2) is 42.9 Å². The molecule has 1 aromatic rings. The van der Waals surface area contributed by atoms with Gasteiger partial charge in [-0.15, -0.1) is 0 Å². The van der Waals surface area contributed by atoms with Crippen molar-refractivity contribution < 1.29 is 27.9 Å². The van der Waals surface area contributed by atoms with Gasteiger partial charge >= 0.3 is 6.03 Å². The van der Waals surface area contributed by atoms with Crippen LogP contribution in [0.25, 0.3) is 0 Å². The Kier molecular flexibility index (Phi) is 4.86. The number of hydrogen-bond acceptors (Lipinski definition) is 4. The molecule has 1 aliphatic heterocycles. The summed E-state index contributed by atoms with van der Waals surface area (Å²) in [5.41, 5.74) is 10.3. The molecular weight excluding hydrogens is 326 g/mol. The first-order chi connectivity index (χ1) is 11.2. The lowest BCUT2D eigenvalue weighted by Gasteiger charge is -2.18. The van der Waals surface area contributed by atoms with E-state index in [1.165, 1.54) is 7.11 Å². The van der Waals surface area contributed by atoms with Crippen molar-refractivity contribution in [2.75, 3.05) is 25.5 Å². The Hall–Kier alpha value is -2.91. The first kappa shape index (κ1) is 17.4. The number of urea groups is 1. The minimum Gasteiger partial charge on any atom is -0.494 e. The maximum absolute atomic E-state index is 13.3. The number of carbonyl (C=O) groups is 3. The second kappa shape index (κ2) is 6.69. The minimum atomic E-state index is -1.17. The van der Waals surface area contributed by atoms with Crippen LogP contribution in [0, 0.1) is 23.5 Å². The molecular formula is C14H16F2N4O4. The molecule has 0 aliphatic carbocycles. The van der Waals surface area contributed by atoms with E-state index in [1.807, 2.05) is 0 Å². The molecule has 1 saturated heterocycles. The van der Waals surface area contributed by atoms with Crippen molar-refractivity contribution in [3.05, 3.63) is 23.8 Å². The number of anilines is 1. The van der Waals surface area contributed by atoms with Gasteiger partial charge < -0.3 is 26.4 Å². The Morgan fingerprint density at radius 3 is 2.08 bits per heavy atom. The number of rotatable bonds is 4. The van der Waals surface area contributed by atoms with Gasteiger partial charge in [0.2, 0.25) is 11.8 Å². The average molecular weight is 342 g/mol. The van der Waals surface area contributed by atoms with E-state index in [-0.39, 0.29) is 24.5 Å². The van der Waals surface area contributed by atoms with E-state index >= 15 is 0 Å². The van der Waals surface area contributed by atoms with E-state index in [4.69, 9.17) is 16.2 Å². The summed E-state index contributed by atoms with van der Waals surface area (Å²) in [5.74, 6) is -5.69. The Morgan fingerprint density at radius 2 is 1.62 bits per heavy atom. The predicted octanol–water partition coefficient (Wildman–Crippen LogP) is 0.0239. The first-order valence-electron chi connectivity index (χ1n) is 6.92. The van der Waals surface area contributed by atoms with Crippen LogP contribution in [0.2, 0.25) is 0 Å². The number of nitrogens with two attached hydrogens (primary N) is 2. The van der Waals surface area contributed by atoms with E-state index < -0.39 is 41.3 Å². The normalized spacial score (nSPS) is 19.9. The summed E-state index contributed by atoms with van der Waals surface area (Å²) >= 11 is 0. The molecule has 10 heteroatoms. The van der Waals surface area contributed by atoms with Gasteiger partial charge in [0, 0.05) is 25.2 Å². The number of carbonyl (C=O) groups excluding carboxylic acids is 3. The van der Waals surface area contributed by atoms with Crippen LogP contribution in [0.3, 0.4) is 0 Å². The molecule has 130 valence electrons. The molecule has 0 saturated carbocycles. The summed E-state index contributed by atoms with van der Waals surface area (Å²) in [4.78, 5) is 36.1. The number of ether oxygens (including phenoxy) is 1. The number of halogens is 2. The standard InChI is InChI=1S/C14H16F2N4O4/c1-24-11-3-9(16)8(15)2-10(11)19-14(23)20-4-6(12(17)21)7(5-20)13(18)22/h2-3,6-7H,4-5H2,1H3,(H2,17,21)(H2,18,22)(H,19,23)/t6-,7-/m0/s1. The maximum Gasteiger partial charge on any atom is 0.321 e. The largest absolute Gasteiger partial charge is 0.494 e. The number of primary amides is 2. The summed E-state index contributed by atoms with van der Waals surface area (Å²) in [6.45, 7) is -0.221. The van der Waals surface area contributed by atoms with Crippen LogP contribution in [0.1, 0.15) is 0 Å². The lowest BCUT2D eigenvalue weighted by Crippen LogP contribution is -2.36. The lowest BCUT2D eigenvalue weighted by molar-refractivity contribution is -0.129. The van der Waals surface area contributed by atoms with E-state index in [1.54, 1.807) is 0 Å². The highest BCUT2D eigenvalue weighted by Gasteiger charge is 2.41. The fourth-order valence-electron chi connectivity index (χ4n) is 2.54. The topological polar surface area (TPSA) is 128 Å². The van der Waals surface area contributed by atoms with E-state index in [9.17, 15) is 23.2 Å². The van der Waals surface area contributed by atoms with Gasteiger partial charge in [-0.1, -0.05) is 0 Å². The molecule has 4 amide bonds. The molecule has 24 heavy (non-hydrogen) atoms. The summed E-state index contributed by atoms with van der Waals surface area (Å²) in [5, 5.41) is 2.34. The third kappa shape index (κ3) is 3.36. The first-order valence-corrected chi connectivity index (χ1v) is 6.92. The van der Waals surface area contributed by atoms with Gasteiger partial charge in [0.25, 0.3) is 0 Å². The maximum atomic E-state index is 13.3. The summed E-state index contributed by atoms with van der Waals surface area (Å²) in [7, 11) is 1.23. The zero-order chi connectivity index (χ0) is 18.0. The van der Waals surface area contributed by atoms with Crippen LogP contribution in [0.5, 0.6) is 5.75 Å². The Balaban J connectivity index is 2.18. The fraction of sp³-hybridized carbons (Fsp3) is 0.357. The number of nitrogens with zero attached hydrogens (tertiary/aromatic N) is 1. The minimum absolute atomic E-state index is 0.0839. The quantitative estimate of drug-likeness (QED) is 0.713. The second-order valence-corrected chi connectivity index (χ2v) is 5.32. The van der Waals surface area contributed by atoms with Gasteiger partial charge in [0.15, 0.2) is 11.6 Å². The smallest absolute Gasteiger partial charge is 0.321 e. The number of benzene rings is 1. The van der Waals surface area contributed by atoms with E-state index in [0.29, 0.717) is 0 Å². The van der Waals surface area contributed by atoms with E-state index in [2.05, 4.69) is 5.32 Å². The lowest BCUT2D eigenvalue weighted by atomic mass is 9.95. The molecule has 2 rings (SSSR count). The zero-order valence-electron chi connectivity index (χ0n) is 12.7. The monoisotopic (exact) mass is 342 g/mol. The highest BCUT2D eigenvalue weighted by Crippen LogP contribution is 2.29. The molecule has 5 N–H and O–H groups in total. The third-order valence-electron chi connectivity index (χ3n) is 3.82. The van der Waals surface area contributed by atoms with E-state index in [0.717, 1.165) is 17.0 Å². The molecule has 1 aromatic carbocycles. The van der Waals surface area contributed by atoms with Gasteiger partial charge in [-0.3, -0.25) is 9.59 Å². The molecule has 2 atom stereocenters. The van der Waals surface area contributed by atoms with Gasteiger partial charge in [0.1, 0.15) is 5.75 Å². The molecule has 0 radical (unpaired) electrons. The molecule has 1 fully saturated rings. The van der Waals surface area contributed by atoms with Crippen LogP contribution >= 0.6 is 0 Å². The SMILES string of the molecule is COc1cc(F)c(F)cc1NC(=O)N1C[C@H](C(N)=O)[C@@H](C(N)=O)C1. The van der Waals surface area contributed by atoms with Gasteiger partial charge in [-0.25, -0.2) is 13.6 Å². The molecule has 0 unspecified atom stereocenters. The molecule has 1 heterocycles. The number of amides is 4. The van der Waals surface area contributed by atoms with Crippen molar-refractivity contribution in [2.45, 2.75) is 0 Å². The van der Waals surface area contributed by atoms with Crippen molar-refractivity contribution in [3.63, 3.8) is 0 Å². The van der Waals surface area contributed by atoms with Crippen molar-refractivity contribution in [1.29, 1.82) is 0 Å². The van der Waals surface area contributed by atoms with Crippen molar-refractivity contribution in [2.24, 2.45) is 23.3 Å². The number of nitrogens with one attached hydrogen (secondary N) is 1. The number of methoxy groups -OCH3 is 1. The second-order valence-electron chi connectivity index (χ2n) is 5.32. The highest BCUT2D eigenvalue weighted by molar-refractivity contribution is 5.94. The van der Waals surface area contributed by atoms with Crippen molar-refractivity contribution >= 4 is 23.5 Å². The van der Waals surface area contributed by atoms with Crippen molar-refractivity contribution in [3.8, 4) is 5.75 Å². The molecule has 0 bridgehead atoms. The predicted molar refractivity (Wildman–Crippen MR) is 78.9 cm³/mol. The number of likely N-dealkylation sites (tertiary alicyclic amines) is 1. The van der Waals surface area contributed by atoms with Gasteiger partial charge in [-0.05, 0) is 0 Å². The van der Waals surface area contributed by atoms with Crippen LogP contribution in [0.4, 0.5) is 19.3 Å². The van der Waals surface area contributed by atoms with Crippen LogP contribution < -0.4 is 21.5 Å². The highest BCUT2D eigenvalue weighted by atomic mass is 19.2. The van der Waals surface area contributed by atoms with Crippen LogP contribution in [-0.2, 0) is 9.59 Å². The zero-order valence-corrected chi connectivity index (χ0v) is 12.7. The van der Waals surface area contributed by atoms with Crippen molar-refractivity contribution in [1.82, 2.24) is 4.90 Å².